The number of carboxylic acid groups (broad SMARTS) is 1. The number of amides is 2. The number of carbonyl (C=O) groups is 3. The molecular formula is C26H32N2O5. The fourth-order valence-electron chi connectivity index (χ4n) is 4.41. The highest BCUT2D eigenvalue weighted by atomic mass is 16.5. The maximum Gasteiger partial charge on any atom is 0.408 e. The van der Waals surface area contributed by atoms with Crippen LogP contribution in [-0.4, -0.2) is 41.3 Å². The number of carbonyl (C=O) groups excluding carboxylic acids is 2. The molecule has 7 nitrogen and oxygen atoms in total. The zero-order valence-corrected chi connectivity index (χ0v) is 19.6. The van der Waals surface area contributed by atoms with Gasteiger partial charge in [0.15, 0.2) is 0 Å². The standard InChI is InChI=1S/C26H32N2O5/c1-5-14-26(4,24(31)27-22(16(2)3)23(29)30)28-25(32)33-15-21-19-12-8-6-10-17(19)18-11-7-9-13-20(18)21/h6-13,16,21-22H,5,14-15H2,1-4H3,(H,27,31)(H,28,32)(H,29,30)/t22-,26?/m1/s1. The Morgan fingerprint density at radius 2 is 1.58 bits per heavy atom. The quantitative estimate of drug-likeness (QED) is 0.526. The highest BCUT2D eigenvalue weighted by molar-refractivity contribution is 5.92. The number of benzene rings is 2. The molecule has 3 N–H and O–H groups in total. The average molecular weight is 453 g/mol. The summed E-state index contributed by atoms with van der Waals surface area (Å²) in [6.07, 6.45) is 0.250. The molecule has 0 aromatic heterocycles. The van der Waals surface area contributed by atoms with Crippen LogP contribution in [0, 0.1) is 5.92 Å². The van der Waals surface area contributed by atoms with Gasteiger partial charge < -0.3 is 20.5 Å². The molecule has 176 valence electrons. The van der Waals surface area contributed by atoms with Crippen molar-refractivity contribution in [2.45, 2.75) is 58.0 Å². The minimum absolute atomic E-state index is 0.0910. The van der Waals surface area contributed by atoms with E-state index in [2.05, 4.69) is 22.8 Å². The molecule has 0 radical (unpaired) electrons. The van der Waals surface area contributed by atoms with Gasteiger partial charge in [0.1, 0.15) is 18.2 Å². The number of rotatable bonds is 9. The SMILES string of the molecule is CCCC(C)(NC(=O)OCC1c2ccccc2-c2ccccc21)C(=O)N[C@@H](C(=O)O)C(C)C. The molecule has 0 heterocycles. The molecular weight excluding hydrogens is 420 g/mol. The van der Waals surface area contributed by atoms with E-state index in [0.29, 0.717) is 12.8 Å². The van der Waals surface area contributed by atoms with Crippen molar-refractivity contribution in [3.63, 3.8) is 0 Å². The van der Waals surface area contributed by atoms with E-state index in [-0.39, 0.29) is 18.4 Å². The summed E-state index contributed by atoms with van der Waals surface area (Å²) in [5, 5.41) is 14.7. The molecule has 0 bridgehead atoms. The molecule has 0 fully saturated rings. The molecule has 0 aliphatic heterocycles. The maximum atomic E-state index is 13.0. The van der Waals surface area contributed by atoms with Crippen LogP contribution in [0.4, 0.5) is 4.79 Å². The number of fused-ring (bicyclic) bond motifs is 3. The zero-order valence-electron chi connectivity index (χ0n) is 19.6. The molecule has 33 heavy (non-hydrogen) atoms. The number of aliphatic carboxylic acids is 1. The van der Waals surface area contributed by atoms with Crippen LogP contribution in [0.2, 0.25) is 0 Å². The summed E-state index contributed by atoms with van der Waals surface area (Å²) in [6, 6.07) is 15.1. The number of nitrogens with one attached hydrogen (secondary N) is 2. The first-order chi connectivity index (χ1) is 15.7. The van der Waals surface area contributed by atoms with Crippen molar-refractivity contribution in [2.24, 2.45) is 5.92 Å². The molecule has 1 aliphatic carbocycles. The van der Waals surface area contributed by atoms with E-state index in [1.54, 1.807) is 20.8 Å². The highest BCUT2D eigenvalue weighted by Crippen LogP contribution is 2.44. The molecule has 0 saturated heterocycles. The second-order valence-electron chi connectivity index (χ2n) is 9.07. The number of ether oxygens (including phenoxy) is 1. The molecule has 0 spiro atoms. The third-order valence-corrected chi connectivity index (χ3v) is 6.19. The van der Waals surface area contributed by atoms with Crippen molar-refractivity contribution in [1.82, 2.24) is 10.6 Å². The number of carboxylic acids is 1. The average Bonchev–Trinajstić information content (AvgIpc) is 3.09. The fraction of sp³-hybridized carbons (Fsp3) is 0.423. The molecule has 2 aromatic carbocycles. The van der Waals surface area contributed by atoms with Gasteiger partial charge in [0.05, 0.1) is 0 Å². The minimum atomic E-state index is -1.29. The Balaban J connectivity index is 1.71. The lowest BCUT2D eigenvalue weighted by atomic mass is 9.93. The first kappa shape index (κ1) is 24.3. The van der Waals surface area contributed by atoms with Crippen molar-refractivity contribution in [3.05, 3.63) is 59.7 Å². The van der Waals surface area contributed by atoms with Gasteiger partial charge in [0, 0.05) is 5.92 Å². The topological polar surface area (TPSA) is 105 Å². The monoisotopic (exact) mass is 452 g/mol. The van der Waals surface area contributed by atoms with Crippen LogP contribution >= 0.6 is 0 Å². The summed E-state index contributed by atoms with van der Waals surface area (Å²) >= 11 is 0. The van der Waals surface area contributed by atoms with E-state index in [0.717, 1.165) is 22.3 Å². The van der Waals surface area contributed by atoms with Gasteiger partial charge in [-0.15, -0.1) is 0 Å². The summed E-state index contributed by atoms with van der Waals surface area (Å²) in [5.41, 5.74) is 3.17. The van der Waals surface area contributed by atoms with Crippen LogP contribution < -0.4 is 10.6 Å². The minimum Gasteiger partial charge on any atom is -0.480 e. The maximum absolute atomic E-state index is 13.0. The van der Waals surface area contributed by atoms with Crippen molar-refractivity contribution >= 4 is 18.0 Å². The smallest absolute Gasteiger partial charge is 0.408 e. The molecule has 3 rings (SSSR count). The Morgan fingerprint density at radius 3 is 2.06 bits per heavy atom. The highest BCUT2D eigenvalue weighted by Gasteiger charge is 2.38. The van der Waals surface area contributed by atoms with E-state index in [9.17, 15) is 19.5 Å². The van der Waals surface area contributed by atoms with Gasteiger partial charge >= 0.3 is 12.1 Å². The van der Waals surface area contributed by atoms with Crippen LogP contribution in [-0.2, 0) is 14.3 Å². The summed E-state index contributed by atoms with van der Waals surface area (Å²) < 4.78 is 5.59. The predicted molar refractivity (Wildman–Crippen MR) is 126 cm³/mol. The Kier molecular flexibility index (Phi) is 7.41. The Bertz CT molecular complexity index is 989. The van der Waals surface area contributed by atoms with E-state index in [1.165, 1.54) is 0 Å². The third kappa shape index (κ3) is 5.18. The van der Waals surface area contributed by atoms with Gasteiger partial charge in [-0.05, 0) is 41.5 Å². The second kappa shape index (κ2) is 10.1. The van der Waals surface area contributed by atoms with Gasteiger partial charge in [-0.3, -0.25) is 4.79 Å². The van der Waals surface area contributed by atoms with E-state index in [4.69, 9.17) is 4.74 Å². The fourth-order valence-corrected chi connectivity index (χ4v) is 4.41. The summed E-state index contributed by atoms with van der Waals surface area (Å²) in [7, 11) is 0. The first-order valence-corrected chi connectivity index (χ1v) is 11.3. The molecule has 0 saturated carbocycles. The number of hydrogen-bond acceptors (Lipinski definition) is 4. The molecule has 1 unspecified atom stereocenters. The van der Waals surface area contributed by atoms with Gasteiger partial charge in [-0.25, -0.2) is 9.59 Å². The van der Waals surface area contributed by atoms with Crippen molar-refractivity contribution in [2.75, 3.05) is 6.61 Å². The number of hydrogen-bond donors (Lipinski definition) is 3. The second-order valence-corrected chi connectivity index (χ2v) is 9.07. The third-order valence-electron chi connectivity index (χ3n) is 6.19. The molecule has 7 heteroatoms. The Morgan fingerprint density at radius 1 is 1.03 bits per heavy atom. The van der Waals surface area contributed by atoms with Crippen molar-refractivity contribution in [1.29, 1.82) is 0 Å². The summed E-state index contributed by atoms with van der Waals surface area (Å²) in [6.45, 7) is 7.05. The summed E-state index contributed by atoms with van der Waals surface area (Å²) in [4.78, 5) is 37.2. The lowest BCUT2D eigenvalue weighted by molar-refractivity contribution is -0.144. The molecule has 2 aromatic rings. The van der Waals surface area contributed by atoms with Crippen LogP contribution in [0.15, 0.2) is 48.5 Å². The van der Waals surface area contributed by atoms with E-state index >= 15 is 0 Å². The lowest BCUT2D eigenvalue weighted by Gasteiger charge is -2.31. The largest absolute Gasteiger partial charge is 0.480 e. The van der Waals surface area contributed by atoms with Gasteiger partial charge in [0.2, 0.25) is 5.91 Å². The van der Waals surface area contributed by atoms with Gasteiger partial charge in [0.25, 0.3) is 0 Å². The van der Waals surface area contributed by atoms with E-state index < -0.39 is 29.6 Å². The molecule has 2 atom stereocenters. The molecule has 2 amide bonds. The van der Waals surface area contributed by atoms with Gasteiger partial charge in [-0.1, -0.05) is 75.7 Å². The van der Waals surface area contributed by atoms with Gasteiger partial charge in [-0.2, -0.15) is 0 Å². The number of alkyl carbamates (subject to hydrolysis) is 1. The lowest BCUT2D eigenvalue weighted by Crippen LogP contribution is -2.60. The van der Waals surface area contributed by atoms with Crippen LogP contribution in [0.1, 0.15) is 57.6 Å². The van der Waals surface area contributed by atoms with Crippen molar-refractivity contribution in [3.8, 4) is 11.1 Å². The Labute approximate surface area is 194 Å². The molecule has 1 aliphatic rings. The normalized spacial score (nSPS) is 15.2. The van der Waals surface area contributed by atoms with E-state index in [1.807, 2.05) is 43.3 Å². The van der Waals surface area contributed by atoms with Crippen LogP contribution in [0.25, 0.3) is 11.1 Å². The van der Waals surface area contributed by atoms with Crippen LogP contribution in [0.3, 0.4) is 0 Å². The predicted octanol–water partition coefficient (Wildman–Crippen LogP) is 4.31. The summed E-state index contributed by atoms with van der Waals surface area (Å²) in [5.74, 6) is -2.05. The van der Waals surface area contributed by atoms with Crippen molar-refractivity contribution < 1.29 is 24.2 Å². The Hall–Kier alpha value is -3.35. The zero-order chi connectivity index (χ0) is 24.2. The van der Waals surface area contributed by atoms with Crippen LogP contribution in [0.5, 0.6) is 0 Å². The first-order valence-electron chi connectivity index (χ1n) is 11.3.